The number of aryl methyl sites for hydroxylation is 1. The molecule has 0 saturated carbocycles. The van der Waals surface area contributed by atoms with Gasteiger partial charge in [0.05, 0.1) is 0 Å². The zero-order chi connectivity index (χ0) is 18.2. The minimum absolute atomic E-state index is 0.0356. The van der Waals surface area contributed by atoms with Gasteiger partial charge in [-0.15, -0.1) is 0 Å². The summed E-state index contributed by atoms with van der Waals surface area (Å²) in [6.07, 6.45) is 5.35. The van der Waals surface area contributed by atoms with Gasteiger partial charge in [0.25, 0.3) is 5.91 Å². The number of fused-ring (bicyclic) bond motifs is 1. The van der Waals surface area contributed by atoms with Crippen LogP contribution in [0.15, 0.2) is 54.6 Å². The predicted octanol–water partition coefficient (Wildman–Crippen LogP) is 3.96. The zero-order valence-electron chi connectivity index (χ0n) is 15.1. The highest BCUT2D eigenvalue weighted by Gasteiger charge is 2.21. The summed E-state index contributed by atoms with van der Waals surface area (Å²) in [5.41, 5.74) is 3.04. The second-order valence-electron chi connectivity index (χ2n) is 6.71. The van der Waals surface area contributed by atoms with Crippen molar-refractivity contribution in [3.05, 3.63) is 65.7 Å². The Hall–Kier alpha value is -2.62. The SMILES string of the molecule is O=C(NCCCCCC(=O)N1CCCc2ccccc21)c1ccccc1. The van der Waals surface area contributed by atoms with Crippen LogP contribution in [0, 0.1) is 0 Å². The number of carbonyl (C=O) groups excluding carboxylic acids is 2. The Morgan fingerprint density at radius 3 is 2.54 bits per heavy atom. The summed E-state index contributed by atoms with van der Waals surface area (Å²) in [5, 5.41) is 2.93. The van der Waals surface area contributed by atoms with E-state index in [0.717, 1.165) is 44.3 Å². The Kier molecular flexibility index (Phi) is 6.42. The summed E-state index contributed by atoms with van der Waals surface area (Å²) in [7, 11) is 0. The summed E-state index contributed by atoms with van der Waals surface area (Å²) in [5.74, 6) is 0.178. The molecule has 1 N–H and O–H groups in total. The monoisotopic (exact) mass is 350 g/mol. The van der Waals surface area contributed by atoms with E-state index in [1.165, 1.54) is 5.56 Å². The van der Waals surface area contributed by atoms with Crippen molar-refractivity contribution in [3.8, 4) is 0 Å². The van der Waals surface area contributed by atoms with Gasteiger partial charge in [-0.25, -0.2) is 0 Å². The van der Waals surface area contributed by atoms with Crippen molar-refractivity contribution in [1.82, 2.24) is 5.32 Å². The summed E-state index contributed by atoms with van der Waals surface area (Å²) in [6, 6.07) is 17.4. The number of benzene rings is 2. The fourth-order valence-corrected chi connectivity index (χ4v) is 3.40. The number of amides is 2. The lowest BCUT2D eigenvalue weighted by molar-refractivity contribution is -0.118. The largest absolute Gasteiger partial charge is 0.352 e. The zero-order valence-corrected chi connectivity index (χ0v) is 15.1. The molecular formula is C22H26N2O2. The molecule has 136 valence electrons. The summed E-state index contributed by atoms with van der Waals surface area (Å²) < 4.78 is 0. The molecule has 0 bridgehead atoms. The first kappa shape index (κ1) is 18.2. The van der Waals surface area contributed by atoms with Crippen LogP contribution < -0.4 is 10.2 Å². The lowest BCUT2D eigenvalue weighted by Crippen LogP contribution is -2.35. The van der Waals surface area contributed by atoms with Gasteiger partial charge in [0.2, 0.25) is 5.91 Å². The molecule has 26 heavy (non-hydrogen) atoms. The minimum atomic E-state index is -0.0356. The highest BCUT2D eigenvalue weighted by atomic mass is 16.2. The number of nitrogens with one attached hydrogen (secondary N) is 1. The number of unbranched alkanes of at least 4 members (excludes halogenated alkanes) is 2. The van der Waals surface area contributed by atoms with E-state index in [1.807, 2.05) is 53.4 Å². The van der Waals surface area contributed by atoms with Crippen LogP contribution in [-0.2, 0) is 11.2 Å². The molecule has 0 atom stereocenters. The molecule has 0 aliphatic carbocycles. The highest BCUT2D eigenvalue weighted by molar-refractivity contribution is 5.94. The number of nitrogens with zero attached hydrogens (tertiary/aromatic N) is 1. The summed E-state index contributed by atoms with van der Waals surface area (Å²) >= 11 is 0. The van der Waals surface area contributed by atoms with Gasteiger partial charge in [0, 0.05) is 30.8 Å². The molecule has 2 aromatic carbocycles. The molecule has 1 heterocycles. The van der Waals surface area contributed by atoms with E-state index in [2.05, 4.69) is 11.4 Å². The average molecular weight is 350 g/mol. The van der Waals surface area contributed by atoms with Gasteiger partial charge in [-0.05, 0) is 49.4 Å². The summed E-state index contributed by atoms with van der Waals surface area (Å²) in [4.78, 5) is 26.4. The summed E-state index contributed by atoms with van der Waals surface area (Å²) in [6.45, 7) is 1.47. The van der Waals surface area contributed by atoms with E-state index in [9.17, 15) is 9.59 Å². The van der Waals surface area contributed by atoms with Gasteiger partial charge < -0.3 is 10.2 Å². The second-order valence-corrected chi connectivity index (χ2v) is 6.71. The van der Waals surface area contributed by atoms with Gasteiger partial charge in [-0.3, -0.25) is 9.59 Å². The fraction of sp³-hybridized carbons (Fsp3) is 0.364. The molecule has 0 spiro atoms. The normalized spacial score (nSPS) is 13.2. The van der Waals surface area contributed by atoms with Crippen molar-refractivity contribution in [2.75, 3.05) is 18.0 Å². The van der Waals surface area contributed by atoms with Crippen molar-refractivity contribution in [3.63, 3.8) is 0 Å². The maximum Gasteiger partial charge on any atom is 0.251 e. The Labute approximate surface area is 155 Å². The fourth-order valence-electron chi connectivity index (χ4n) is 3.40. The number of para-hydroxylation sites is 1. The van der Waals surface area contributed by atoms with Crippen LogP contribution in [-0.4, -0.2) is 24.9 Å². The van der Waals surface area contributed by atoms with Gasteiger partial charge in [0.15, 0.2) is 0 Å². The standard InChI is InChI=1S/C22H26N2O2/c25-21(24-17-9-13-18-10-6-7-14-20(18)24)15-5-2-8-16-23-22(26)19-11-3-1-4-12-19/h1,3-4,6-7,10-12,14H,2,5,8-9,13,15-17H2,(H,23,26). The number of hydrogen-bond donors (Lipinski definition) is 1. The van der Waals surface area contributed by atoms with Crippen molar-refractivity contribution < 1.29 is 9.59 Å². The second kappa shape index (κ2) is 9.18. The predicted molar refractivity (Wildman–Crippen MR) is 104 cm³/mol. The van der Waals surface area contributed by atoms with Crippen LogP contribution in [0.3, 0.4) is 0 Å². The third kappa shape index (κ3) is 4.72. The van der Waals surface area contributed by atoms with Gasteiger partial charge >= 0.3 is 0 Å². The van der Waals surface area contributed by atoms with Crippen LogP contribution in [0.2, 0.25) is 0 Å². The lowest BCUT2D eigenvalue weighted by atomic mass is 10.0. The lowest BCUT2D eigenvalue weighted by Gasteiger charge is -2.29. The number of rotatable bonds is 7. The van der Waals surface area contributed by atoms with Crippen LogP contribution in [0.5, 0.6) is 0 Å². The molecule has 4 nitrogen and oxygen atoms in total. The van der Waals surface area contributed by atoms with Crippen molar-refractivity contribution in [1.29, 1.82) is 0 Å². The first-order chi connectivity index (χ1) is 12.8. The quantitative estimate of drug-likeness (QED) is 0.769. The molecule has 2 aromatic rings. The molecule has 1 aliphatic rings. The Bertz CT molecular complexity index is 743. The third-order valence-electron chi connectivity index (χ3n) is 4.80. The van der Waals surface area contributed by atoms with Gasteiger partial charge in [-0.2, -0.15) is 0 Å². The Balaban J connectivity index is 1.35. The average Bonchev–Trinajstić information content (AvgIpc) is 2.70. The van der Waals surface area contributed by atoms with E-state index >= 15 is 0 Å². The molecule has 4 heteroatoms. The van der Waals surface area contributed by atoms with Crippen molar-refractivity contribution in [2.45, 2.75) is 38.5 Å². The van der Waals surface area contributed by atoms with Gasteiger partial charge in [0.1, 0.15) is 0 Å². The van der Waals surface area contributed by atoms with E-state index < -0.39 is 0 Å². The maximum atomic E-state index is 12.5. The highest BCUT2D eigenvalue weighted by Crippen LogP contribution is 2.27. The number of anilines is 1. The van der Waals surface area contributed by atoms with E-state index in [1.54, 1.807) is 0 Å². The van der Waals surface area contributed by atoms with Crippen LogP contribution in [0.25, 0.3) is 0 Å². The number of carbonyl (C=O) groups is 2. The third-order valence-corrected chi connectivity index (χ3v) is 4.80. The first-order valence-corrected chi connectivity index (χ1v) is 9.47. The molecule has 0 radical (unpaired) electrons. The topological polar surface area (TPSA) is 49.4 Å². The molecule has 1 aliphatic heterocycles. The minimum Gasteiger partial charge on any atom is -0.352 e. The van der Waals surface area contributed by atoms with Crippen LogP contribution in [0.1, 0.15) is 48.0 Å². The molecule has 0 saturated heterocycles. The van der Waals surface area contributed by atoms with Crippen LogP contribution >= 0.6 is 0 Å². The van der Waals surface area contributed by atoms with Crippen LogP contribution in [0.4, 0.5) is 5.69 Å². The van der Waals surface area contributed by atoms with E-state index in [0.29, 0.717) is 18.5 Å². The first-order valence-electron chi connectivity index (χ1n) is 9.47. The van der Waals surface area contributed by atoms with Gasteiger partial charge in [-0.1, -0.05) is 42.8 Å². The molecule has 2 amide bonds. The smallest absolute Gasteiger partial charge is 0.251 e. The molecular weight excluding hydrogens is 324 g/mol. The molecule has 0 unspecified atom stereocenters. The number of hydrogen-bond acceptors (Lipinski definition) is 2. The molecule has 0 aromatic heterocycles. The molecule has 3 rings (SSSR count). The van der Waals surface area contributed by atoms with Crippen molar-refractivity contribution in [2.24, 2.45) is 0 Å². The van der Waals surface area contributed by atoms with Crippen molar-refractivity contribution >= 4 is 17.5 Å². The maximum absolute atomic E-state index is 12.5. The Morgan fingerprint density at radius 2 is 1.69 bits per heavy atom. The Morgan fingerprint density at radius 1 is 0.923 bits per heavy atom. The van der Waals surface area contributed by atoms with E-state index in [-0.39, 0.29) is 11.8 Å². The van der Waals surface area contributed by atoms with E-state index in [4.69, 9.17) is 0 Å². The molecule has 0 fully saturated rings.